The Hall–Kier alpha value is -0.570. The van der Waals surface area contributed by atoms with Gasteiger partial charge in [-0.1, -0.05) is 13.8 Å². The van der Waals surface area contributed by atoms with E-state index in [9.17, 15) is 4.79 Å². The summed E-state index contributed by atoms with van der Waals surface area (Å²) in [6.07, 6.45) is -0.0300. The van der Waals surface area contributed by atoms with Crippen LogP contribution in [0.1, 0.15) is 20.8 Å². The summed E-state index contributed by atoms with van der Waals surface area (Å²) >= 11 is 0. The first kappa shape index (κ1) is 10.4. The molecule has 0 amide bonds. The Labute approximate surface area is 67.7 Å². The summed E-state index contributed by atoms with van der Waals surface area (Å²) in [7, 11) is 1.47. The van der Waals surface area contributed by atoms with Crippen molar-refractivity contribution in [2.24, 2.45) is 5.92 Å². The number of methoxy groups -OCH3 is 1. The van der Waals surface area contributed by atoms with E-state index in [0.717, 1.165) is 0 Å². The predicted molar refractivity (Wildman–Crippen MR) is 42.3 cm³/mol. The molecule has 11 heavy (non-hydrogen) atoms. The molecular formula is C8H16O3. The molecule has 1 unspecified atom stereocenters. The zero-order valence-electron chi connectivity index (χ0n) is 7.59. The average molecular weight is 160 g/mol. The quantitative estimate of drug-likeness (QED) is 0.580. The smallest absolute Gasteiger partial charge is 0.332 e. The summed E-state index contributed by atoms with van der Waals surface area (Å²) in [6.45, 7) is 5.92. The van der Waals surface area contributed by atoms with Crippen molar-refractivity contribution in [1.29, 1.82) is 0 Å². The molecule has 1 atom stereocenters. The lowest BCUT2D eigenvalue weighted by molar-refractivity contribution is -0.154. The number of carbonyl (C=O) groups excluding carboxylic acids is 1. The van der Waals surface area contributed by atoms with Crippen LogP contribution in [0.4, 0.5) is 0 Å². The highest BCUT2D eigenvalue weighted by Crippen LogP contribution is 2.04. The third-order valence-electron chi connectivity index (χ3n) is 1.52. The maximum atomic E-state index is 10.8. The van der Waals surface area contributed by atoms with Crippen molar-refractivity contribution in [3.63, 3.8) is 0 Å². The van der Waals surface area contributed by atoms with E-state index in [-0.39, 0.29) is 18.7 Å². The van der Waals surface area contributed by atoms with Gasteiger partial charge in [-0.25, -0.2) is 4.79 Å². The second kappa shape index (κ2) is 5.13. The van der Waals surface area contributed by atoms with E-state index in [1.807, 2.05) is 20.8 Å². The summed E-state index contributed by atoms with van der Waals surface area (Å²) < 4.78 is 9.60. The molecule has 3 heteroatoms. The minimum atomic E-state index is -0.298. The van der Waals surface area contributed by atoms with E-state index in [2.05, 4.69) is 4.74 Å². The molecule has 0 aliphatic heterocycles. The van der Waals surface area contributed by atoms with Crippen LogP contribution >= 0.6 is 0 Å². The highest BCUT2D eigenvalue weighted by molar-refractivity contribution is 5.70. The summed E-state index contributed by atoms with van der Waals surface area (Å²) in [4.78, 5) is 10.8. The molecule has 0 spiro atoms. The van der Waals surface area contributed by atoms with E-state index in [0.29, 0.717) is 5.92 Å². The van der Waals surface area contributed by atoms with Gasteiger partial charge >= 0.3 is 5.97 Å². The van der Waals surface area contributed by atoms with Crippen LogP contribution in [-0.2, 0) is 14.3 Å². The standard InChI is InChI=1S/C8H16O3/c1-6(2)7(3)11-8(9)5-10-4/h6-7H,5H2,1-4H3. The van der Waals surface area contributed by atoms with Gasteiger partial charge in [-0.05, 0) is 12.8 Å². The van der Waals surface area contributed by atoms with Gasteiger partial charge in [-0.2, -0.15) is 0 Å². The molecule has 0 saturated carbocycles. The van der Waals surface area contributed by atoms with E-state index in [1.54, 1.807) is 0 Å². The Morgan fingerprint density at radius 2 is 1.91 bits per heavy atom. The molecule has 0 rings (SSSR count). The average Bonchev–Trinajstić information content (AvgIpc) is 1.87. The Kier molecular flexibility index (Phi) is 4.86. The highest BCUT2D eigenvalue weighted by atomic mass is 16.6. The molecule has 0 aromatic carbocycles. The molecule has 0 aliphatic carbocycles. The third-order valence-corrected chi connectivity index (χ3v) is 1.52. The lowest BCUT2D eigenvalue weighted by Crippen LogP contribution is -2.22. The van der Waals surface area contributed by atoms with Gasteiger partial charge in [0.05, 0.1) is 0 Å². The largest absolute Gasteiger partial charge is 0.461 e. The van der Waals surface area contributed by atoms with Crippen molar-refractivity contribution in [2.45, 2.75) is 26.9 Å². The van der Waals surface area contributed by atoms with Gasteiger partial charge < -0.3 is 9.47 Å². The van der Waals surface area contributed by atoms with Gasteiger partial charge in [0.2, 0.25) is 0 Å². The van der Waals surface area contributed by atoms with Gasteiger partial charge in [0.15, 0.2) is 0 Å². The Balaban J connectivity index is 3.57. The van der Waals surface area contributed by atoms with Crippen LogP contribution < -0.4 is 0 Å². The van der Waals surface area contributed by atoms with Gasteiger partial charge in [0, 0.05) is 7.11 Å². The molecule has 0 aliphatic rings. The summed E-state index contributed by atoms with van der Waals surface area (Å²) in [5.41, 5.74) is 0. The van der Waals surface area contributed by atoms with Crippen LogP contribution in [0.3, 0.4) is 0 Å². The fraction of sp³-hybridized carbons (Fsp3) is 0.875. The van der Waals surface area contributed by atoms with E-state index < -0.39 is 0 Å². The zero-order valence-corrected chi connectivity index (χ0v) is 7.59. The van der Waals surface area contributed by atoms with Crippen LogP contribution in [-0.4, -0.2) is 25.8 Å². The summed E-state index contributed by atoms with van der Waals surface area (Å²) in [5.74, 6) is 0.0597. The number of carbonyl (C=O) groups is 1. The van der Waals surface area contributed by atoms with Crippen LogP contribution in [0.15, 0.2) is 0 Å². The fourth-order valence-electron chi connectivity index (χ4n) is 0.495. The van der Waals surface area contributed by atoms with Crippen LogP contribution in [0.2, 0.25) is 0 Å². The third kappa shape index (κ3) is 4.79. The first-order valence-corrected chi connectivity index (χ1v) is 3.76. The molecule has 0 aromatic rings. The minimum absolute atomic E-state index is 0.0300. The van der Waals surface area contributed by atoms with Crippen molar-refractivity contribution >= 4 is 5.97 Å². The number of hydrogen-bond acceptors (Lipinski definition) is 3. The molecule has 0 fully saturated rings. The first-order valence-electron chi connectivity index (χ1n) is 3.76. The Bertz CT molecular complexity index is 121. The van der Waals surface area contributed by atoms with E-state index in [1.165, 1.54) is 7.11 Å². The Morgan fingerprint density at radius 1 is 1.36 bits per heavy atom. The normalized spacial score (nSPS) is 13.2. The molecule has 0 heterocycles. The van der Waals surface area contributed by atoms with Crippen LogP contribution in [0, 0.1) is 5.92 Å². The van der Waals surface area contributed by atoms with E-state index >= 15 is 0 Å². The Morgan fingerprint density at radius 3 is 2.27 bits per heavy atom. The topological polar surface area (TPSA) is 35.5 Å². The second-order valence-electron chi connectivity index (χ2n) is 2.87. The molecule has 3 nitrogen and oxygen atoms in total. The van der Waals surface area contributed by atoms with Crippen LogP contribution in [0.5, 0.6) is 0 Å². The van der Waals surface area contributed by atoms with Crippen molar-refractivity contribution in [3.05, 3.63) is 0 Å². The fourth-order valence-corrected chi connectivity index (χ4v) is 0.495. The lowest BCUT2D eigenvalue weighted by atomic mass is 10.1. The van der Waals surface area contributed by atoms with Crippen LogP contribution in [0.25, 0.3) is 0 Å². The second-order valence-corrected chi connectivity index (χ2v) is 2.87. The monoisotopic (exact) mass is 160 g/mol. The molecule has 0 bridgehead atoms. The van der Waals surface area contributed by atoms with Gasteiger partial charge in [0.1, 0.15) is 12.7 Å². The molecule has 0 radical (unpaired) electrons. The number of hydrogen-bond donors (Lipinski definition) is 0. The van der Waals surface area contributed by atoms with Crippen molar-refractivity contribution in [1.82, 2.24) is 0 Å². The molecular weight excluding hydrogens is 144 g/mol. The van der Waals surface area contributed by atoms with Crippen molar-refractivity contribution < 1.29 is 14.3 Å². The maximum Gasteiger partial charge on any atom is 0.332 e. The van der Waals surface area contributed by atoms with E-state index in [4.69, 9.17) is 4.74 Å². The minimum Gasteiger partial charge on any atom is -0.461 e. The van der Waals surface area contributed by atoms with Gasteiger partial charge in [-0.15, -0.1) is 0 Å². The predicted octanol–water partition coefficient (Wildman–Crippen LogP) is 1.22. The number of esters is 1. The summed E-state index contributed by atoms with van der Waals surface area (Å²) in [6, 6.07) is 0. The molecule has 66 valence electrons. The van der Waals surface area contributed by atoms with Crippen molar-refractivity contribution in [3.8, 4) is 0 Å². The zero-order chi connectivity index (χ0) is 8.85. The first-order chi connectivity index (χ1) is 5.07. The van der Waals surface area contributed by atoms with Gasteiger partial charge in [-0.3, -0.25) is 0 Å². The molecule has 0 saturated heterocycles. The maximum absolute atomic E-state index is 10.8. The SMILES string of the molecule is COCC(=O)OC(C)C(C)C. The van der Waals surface area contributed by atoms with Gasteiger partial charge in [0.25, 0.3) is 0 Å². The summed E-state index contributed by atoms with van der Waals surface area (Å²) in [5, 5.41) is 0. The van der Waals surface area contributed by atoms with Crippen molar-refractivity contribution in [2.75, 3.05) is 13.7 Å². The lowest BCUT2D eigenvalue weighted by Gasteiger charge is -2.15. The molecule has 0 aromatic heterocycles. The number of rotatable bonds is 4. The molecule has 0 N–H and O–H groups in total. The highest BCUT2D eigenvalue weighted by Gasteiger charge is 2.11. The number of ether oxygens (including phenoxy) is 2.